The number of aldehydes is 1. The van der Waals surface area contributed by atoms with Crippen molar-refractivity contribution in [2.24, 2.45) is 17.3 Å². The van der Waals surface area contributed by atoms with Gasteiger partial charge in [-0.3, -0.25) is 4.79 Å². The first kappa shape index (κ1) is 33.7. The molecule has 2 fully saturated rings. The van der Waals surface area contributed by atoms with Crippen molar-refractivity contribution in [3.8, 4) is 11.6 Å². The Morgan fingerprint density at radius 2 is 1.76 bits per heavy atom. The van der Waals surface area contributed by atoms with Crippen LogP contribution >= 0.6 is 0 Å². The van der Waals surface area contributed by atoms with E-state index >= 15 is 0 Å². The third kappa shape index (κ3) is 7.83. The summed E-state index contributed by atoms with van der Waals surface area (Å²) in [5.74, 6) is -0.402. The number of alkyl carbamates (subject to hydrolysis) is 1. The van der Waals surface area contributed by atoms with Gasteiger partial charge in [0.25, 0.3) is 0 Å². The second-order valence-electron chi connectivity index (χ2n) is 13.8. The number of benzene rings is 1. The Morgan fingerprint density at radius 3 is 2.48 bits per heavy atom. The molecule has 3 aliphatic rings. The van der Waals surface area contributed by atoms with Crippen LogP contribution in [0.1, 0.15) is 78.3 Å². The van der Waals surface area contributed by atoms with Crippen molar-refractivity contribution in [3.05, 3.63) is 23.9 Å². The van der Waals surface area contributed by atoms with E-state index in [2.05, 4.69) is 10.3 Å². The van der Waals surface area contributed by atoms with Crippen LogP contribution in [0.15, 0.2) is 18.2 Å². The van der Waals surface area contributed by atoms with Crippen molar-refractivity contribution in [2.75, 3.05) is 13.2 Å². The molecule has 1 N–H and O–H groups in total. The van der Waals surface area contributed by atoms with Gasteiger partial charge in [0.2, 0.25) is 11.8 Å². The molecule has 252 valence electrons. The summed E-state index contributed by atoms with van der Waals surface area (Å²) in [4.78, 5) is 50.4. The number of hydrogen-bond acceptors (Lipinski definition) is 8. The molecule has 0 radical (unpaired) electrons. The van der Waals surface area contributed by atoms with Crippen LogP contribution in [0.25, 0.3) is 11.0 Å². The first-order valence-electron chi connectivity index (χ1n) is 16.1. The molecule has 1 saturated carbocycles. The fraction of sp³-hybridized carbons (Fsp3) is 0.667. The maximum Gasteiger partial charge on any atom is 0.422 e. The van der Waals surface area contributed by atoms with E-state index in [4.69, 9.17) is 19.2 Å². The van der Waals surface area contributed by atoms with E-state index < -0.39 is 54.3 Å². The lowest BCUT2D eigenvalue weighted by Gasteiger charge is -2.35. The zero-order valence-corrected chi connectivity index (χ0v) is 26.8. The summed E-state index contributed by atoms with van der Waals surface area (Å²) in [6.45, 7) is 5.96. The SMILES string of the molecule is C[C@@H]1[C@@H]2CN(C(=O)[C@H](C(C)(C)C)NC(=O)O[C@@H]3CCC[C@H]3CCCCCc3nc4ccc(OCC(F)(F)F)cc4nc3O2)[C@@H]1C=O. The van der Waals surface area contributed by atoms with Crippen molar-refractivity contribution in [3.63, 3.8) is 0 Å². The third-order valence-corrected chi connectivity index (χ3v) is 9.33. The Kier molecular flexibility index (Phi) is 9.97. The Hall–Kier alpha value is -3.64. The van der Waals surface area contributed by atoms with E-state index in [9.17, 15) is 27.6 Å². The maximum atomic E-state index is 14.0. The van der Waals surface area contributed by atoms with Crippen LogP contribution in [0.5, 0.6) is 11.6 Å². The number of alkyl halides is 3. The first-order chi connectivity index (χ1) is 21.7. The predicted octanol–water partition coefficient (Wildman–Crippen LogP) is 5.79. The molecule has 1 aromatic heterocycles. The summed E-state index contributed by atoms with van der Waals surface area (Å²) < 4.78 is 55.6. The van der Waals surface area contributed by atoms with Crippen molar-refractivity contribution >= 4 is 29.3 Å². The zero-order valence-electron chi connectivity index (χ0n) is 26.8. The van der Waals surface area contributed by atoms with Gasteiger partial charge in [0.1, 0.15) is 36.0 Å². The third-order valence-electron chi connectivity index (χ3n) is 9.33. The zero-order chi connectivity index (χ0) is 33.2. The lowest BCUT2D eigenvalue weighted by atomic mass is 9.85. The van der Waals surface area contributed by atoms with E-state index in [1.165, 1.54) is 17.0 Å². The lowest BCUT2D eigenvalue weighted by molar-refractivity contribution is -0.153. The van der Waals surface area contributed by atoms with Crippen LogP contribution in [-0.2, 0) is 20.7 Å². The van der Waals surface area contributed by atoms with Crippen LogP contribution in [0.2, 0.25) is 0 Å². The van der Waals surface area contributed by atoms with Crippen LogP contribution < -0.4 is 14.8 Å². The quantitative estimate of drug-likeness (QED) is 0.416. The Morgan fingerprint density at radius 1 is 1.00 bits per heavy atom. The Balaban J connectivity index is 1.49. The van der Waals surface area contributed by atoms with Crippen molar-refractivity contribution in [1.82, 2.24) is 20.2 Å². The molecular weight excluding hydrogens is 605 g/mol. The van der Waals surface area contributed by atoms with E-state index in [-0.39, 0.29) is 30.2 Å². The van der Waals surface area contributed by atoms with Gasteiger partial charge >= 0.3 is 12.3 Å². The van der Waals surface area contributed by atoms with Crippen LogP contribution in [0.4, 0.5) is 18.0 Å². The van der Waals surface area contributed by atoms with Gasteiger partial charge in [-0.15, -0.1) is 0 Å². The van der Waals surface area contributed by atoms with Gasteiger partial charge in [-0.05, 0) is 62.0 Å². The number of hydrogen-bond donors (Lipinski definition) is 1. The Labute approximate surface area is 266 Å². The average Bonchev–Trinajstić information content (AvgIpc) is 3.55. The summed E-state index contributed by atoms with van der Waals surface area (Å²) in [5, 5.41) is 2.81. The molecule has 2 aromatic rings. The molecule has 1 saturated heterocycles. The summed E-state index contributed by atoms with van der Waals surface area (Å²) in [7, 11) is 0. The highest BCUT2D eigenvalue weighted by molar-refractivity contribution is 5.89. The van der Waals surface area contributed by atoms with Crippen LogP contribution in [0.3, 0.4) is 0 Å². The maximum absolute atomic E-state index is 14.0. The topological polar surface area (TPSA) is 120 Å². The second-order valence-corrected chi connectivity index (χ2v) is 13.8. The molecular formula is C33H43F3N4O6. The highest BCUT2D eigenvalue weighted by atomic mass is 19.4. The number of aryl methyl sites for hydroxylation is 1. The number of amides is 2. The lowest BCUT2D eigenvalue weighted by Crippen LogP contribution is -2.56. The number of nitrogens with zero attached hydrogens (tertiary/aromatic N) is 3. The average molecular weight is 649 g/mol. The van der Waals surface area contributed by atoms with Crippen molar-refractivity contribution < 1.29 is 41.8 Å². The highest BCUT2D eigenvalue weighted by Gasteiger charge is 2.47. The molecule has 3 heterocycles. The number of nitrogens with one attached hydrogen (secondary N) is 1. The van der Waals surface area contributed by atoms with Gasteiger partial charge in [-0.1, -0.05) is 40.5 Å². The molecule has 1 aromatic carbocycles. The first-order valence-corrected chi connectivity index (χ1v) is 16.1. The fourth-order valence-corrected chi connectivity index (χ4v) is 6.74. The second kappa shape index (κ2) is 13.6. The minimum absolute atomic E-state index is 0.00393. The van der Waals surface area contributed by atoms with Crippen LogP contribution in [0, 0.1) is 17.3 Å². The Bertz CT molecular complexity index is 1430. The highest BCUT2D eigenvalue weighted by Crippen LogP contribution is 2.35. The molecule has 10 nitrogen and oxygen atoms in total. The molecule has 46 heavy (non-hydrogen) atoms. The van der Waals surface area contributed by atoms with Gasteiger partial charge in [-0.25, -0.2) is 14.8 Å². The van der Waals surface area contributed by atoms with E-state index in [0.29, 0.717) is 29.4 Å². The molecule has 2 aliphatic heterocycles. The van der Waals surface area contributed by atoms with Crippen molar-refractivity contribution in [1.29, 1.82) is 0 Å². The van der Waals surface area contributed by atoms with Gasteiger partial charge in [0.15, 0.2) is 6.61 Å². The summed E-state index contributed by atoms with van der Waals surface area (Å²) >= 11 is 0. The predicted molar refractivity (Wildman–Crippen MR) is 162 cm³/mol. The number of carbonyl (C=O) groups is 3. The summed E-state index contributed by atoms with van der Waals surface area (Å²) in [6.07, 6.45) is 1.52. The normalized spacial score (nSPS) is 28.3. The standard InChI is InChI=1S/C33H43F3N4O6/c1-19-25(17-41)40-16-27(19)45-29-23(37-22-14-13-21(15-24(22)38-29)44-18-33(34,35)36)11-7-5-6-9-20-10-8-12-26(20)46-31(43)39-28(30(40)42)32(2,3)4/h13-15,17,19-20,25-28H,5-12,16,18H2,1-4H3,(H,39,43)/t19-,20+,25+,26+,27-,28+/m0/s1. The number of ether oxygens (including phenoxy) is 3. The molecule has 13 heteroatoms. The van der Waals surface area contributed by atoms with Gasteiger partial charge in [-0.2, -0.15) is 13.2 Å². The molecule has 2 amide bonds. The molecule has 5 rings (SSSR count). The van der Waals surface area contributed by atoms with E-state index in [1.54, 1.807) is 6.07 Å². The summed E-state index contributed by atoms with van der Waals surface area (Å²) in [5.41, 5.74) is 0.693. The largest absolute Gasteiger partial charge is 0.484 e. The van der Waals surface area contributed by atoms with Gasteiger partial charge < -0.3 is 29.2 Å². The van der Waals surface area contributed by atoms with Crippen molar-refractivity contribution in [2.45, 2.75) is 110 Å². The summed E-state index contributed by atoms with van der Waals surface area (Å²) in [6, 6.07) is 2.61. The van der Waals surface area contributed by atoms with E-state index in [1.807, 2.05) is 27.7 Å². The molecule has 0 unspecified atom stereocenters. The van der Waals surface area contributed by atoms with Gasteiger partial charge in [0.05, 0.1) is 23.6 Å². The number of aromatic nitrogens is 2. The minimum Gasteiger partial charge on any atom is -0.484 e. The number of carbonyl (C=O) groups excluding carboxylic acids is 3. The number of rotatable bonds is 3. The minimum atomic E-state index is -4.49. The van der Waals surface area contributed by atoms with Gasteiger partial charge in [0, 0.05) is 12.0 Å². The molecule has 2 bridgehead atoms. The van der Waals surface area contributed by atoms with E-state index in [0.717, 1.165) is 44.9 Å². The number of halogens is 3. The monoisotopic (exact) mass is 648 g/mol. The molecule has 1 aliphatic carbocycles. The smallest absolute Gasteiger partial charge is 0.422 e. The van der Waals surface area contributed by atoms with Crippen LogP contribution in [-0.4, -0.2) is 76.8 Å². The fourth-order valence-electron chi connectivity index (χ4n) is 6.74. The number of fused-ring (bicyclic) bond motifs is 5. The molecule has 6 atom stereocenters. The molecule has 0 spiro atoms.